The lowest BCUT2D eigenvalue weighted by atomic mass is 10.0. The summed E-state index contributed by atoms with van der Waals surface area (Å²) in [6.45, 7) is 1.15. The number of hydrogen-bond acceptors (Lipinski definition) is 3. The summed E-state index contributed by atoms with van der Waals surface area (Å²) in [5, 5.41) is 0. The highest BCUT2D eigenvalue weighted by molar-refractivity contribution is 5.98. The molecule has 108 valence electrons. The van der Waals surface area contributed by atoms with Crippen molar-refractivity contribution in [2.75, 3.05) is 12.3 Å². The van der Waals surface area contributed by atoms with E-state index < -0.39 is 5.82 Å². The predicted octanol–water partition coefficient (Wildman–Crippen LogP) is 2.39. The zero-order valence-corrected chi connectivity index (χ0v) is 11.6. The van der Waals surface area contributed by atoms with Gasteiger partial charge in [0.25, 0.3) is 5.91 Å². The average Bonchev–Trinajstić information content (AvgIpc) is 2.71. The third-order valence-corrected chi connectivity index (χ3v) is 3.76. The number of nitrogens with two attached hydrogens (primary N) is 1. The number of carbonyl (C=O) groups excluding carboxylic acids is 1. The van der Waals surface area contributed by atoms with Crippen LogP contribution in [-0.4, -0.2) is 22.3 Å². The van der Waals surface area contributed by atoms with Crippen LogP contribution in [0.2, 0.25) is 0 Å². The standard InChI is InChI=1S/C16H16FN3O/c17-13-8-14(15(18)19-9-13)16(21)20-7-3-6-11-4-1-2-5-12(11)10-20/h1-2,4-5,8-9H,3,6-7,10H2,(H2,18,19). The molecule has 0 spiro atoms. The number of aromatic nitrogens is 1. The van der Waals surface area contributed by atoms with Crippen molar-refractivity contribution < 1.29 is 9.18 Å². The van der Waals surface area contributed by atoms with E-state index in [9.17, 15) is 9.18 Å². The van der Waals surface area contributed by atoms with Crippen LogP contribution in [0.15, 0.2) is 36.5 Å². The molecule has 1 aromatic heterocycles. The Morgan fingerprint density at radius 1 is 1.29 bits per heavy atom. The average molecular weight is 285 g/mol. The molecule has 2 heterocycles. The van der Waals surface area contributed by atoms with Crippen LogP contribution in [0.1, 0.15) is 27.9 Å². The Hall–Kier alpha value is -2.43. The Kier molecular flexibility index (Phi) is 3.56. The number of anilines is 1. The van der Waals surface area contributed by atoms with E-state index in [4.69, 9.17) is 5.73 Å². The molecule has 0 saturated carbocycles. The van der Waals surface area contributed by atoms with E-state index in [0.29, 0.717) is 13.1 Å². The van der Waals surface area contributed by atoms with Gasteiger partial charge in [-0.3, -0.25) is 4.79 Å². The monoisotopic (exact) mass is 285 g/mol. The van der Waals surface area contributed by atoms with E-state index >= 15 is 0 Å². The molecule has 0 fully saturated rings. The molecular formula is C16H16FN3O. The lowest BCUT2D eigenvalue weighted by Gasteiger charge is -2.21. The van der Waals surface area contributed by atoms with Crippen LogP contribution in [-0.2, 0) is 13.0 Å². The molecule has 0 saturated heterocycles. The highest BCUT2D eigenvalue weighted by atomic mass is 19.1. The molecule has 0 unspecified atom stereocenters. The molecule has 3 rings (SSSR count). The molecule has 0 atom stereocenters. The maximum absolute atomic E-state index is 13.3. The van der Waals surface area contributed by atoms with Gasteiger partial charge in [-0.15, -0.1) is 0 Å². The number of pyridine rings is 1. The van der Waals surface area contributed by atoms with Gasteiger partial charge in [0.1, 0.15) is 11.6 Å². The molecule has 5 heteroatoms. The van der Waals surface area contributed by atoms with Crippen molar-refractivity contribution in [3.8, 4) is 0 Å². The second kappa shape index (κ2) is 5.52. The first-order chi connectivity index (χ1) is 10.1. The Morgan fingerprint density at radius 3 is 2.86 bits per heavy atom. The van der Waals surface area contributed by atoms with E-state index in [1.807, 2.05) is 18.2 Å². The van der Waals surface area contributed by atoms with Gasteiger partial charge in [0, 0.05) is 13.1 Å². The first-order valence-electron chi connectivity index (χ1n) is 6.92. The smallest absolute Gasteiger partial charge is 0.258 e. The Bertz CT molecular complexity index is 687. The number of amides is 1. The molecule has 1 aromatic carbocycles. The molecule has 1 aliphatic heterocycles. The lowest BCUT2D eigenvalue weighted by Crippen LogP contribution is -2.31. The van der Waals surface area contributed by atoms with Crippen LogP contribution < -0.4 is 5.73 Å². The number of nitrogens with zero attached hydrogens (tertiary/aromatic N) is 2. The van der Waals surface area contributed by atoms with Crippen molar-refractivity contribution in [2.24, 2.45) is 0 Å². The van der Waals surface area contributed by atoms with Crippen molar-refractivity contribution in [3.05, 3.63) is 59.0 Å². The molecule has 21 heavy (non-hydrogen) atoms. The third kappa shape index (κ3) is 2.72. The summed E-state index contributed by atoms with van der Waals surface area (Å²) in [7, 11) is 0. The molecule has 2 aromatic rings. The third-order valence-electron chi connectivity index (χ3n) is 3.76. The van der Waals surface area contributed by atoms with Gasteiger partial charge in [-0.1, -0.05) is 24.3 Å². The molecule has 1 aliphatic rings. The first kappa shape index (κ1) is 13.5. The van der Waals surface area contributed by atoms with Gasteiger partial charge in [-0.05, 0) is 30.0 Å². The number of fused-ring (bicyclic) bond motifs is 1. The lowest BCUT2D eigenvalue weighted by molar-refractivity contribution is 0.0746. The molecule has 4 nitrogen and oxygen atoms in total. The molecule has 0 aliphatic carbocycles. The number of halogens is 1. The van der Waals surface area contributed by atoms with Crippen LogP contribution in [0.4, 0.5) is 10.2 Å². The summed E-state index contributed by atoms with van der Waals surface area (Å²) in [6, 6.07) is 9.23. The highest BCUT2D eigenvalue weighted by Crippen LogP contribution is 2.21. The quantitative estimate of drug-likeness (QED) is 0.875. The Balaban J connectivity index is 1.90. The van der Waals surface area contributed by atoms with Gasteiger partial charge in [-0.25, -0.2) is 9.37 Å². The summed E-state index contributed by atoms with van der Waals surface area (Å²) in [4.78, 5) is 18.0. The second-order valence-corrected chi connectivity index (χ2v) is 5.19. The van der Waals surface area contributed by atoms with E-state index in [1.165, 1.54) is 5.56 Å². The molecule has 2 N–H and O–H groups in total. The highest BCUT2D eigenvalue weighted by Gasteiger charge is 2.22. The van der Waals surface area contributed by atoms with Gasteiger partial charge in [0.2, 0.25) is 0 Å². The minimum absolute atomic E-state index is 0.0685. The van der Waals surface area contributed by atoms with Gasteiger partial charge >= 0.3 is 0 Å². The number of nitrogen functional groups attached to an aromatic ring is 1. The van der Waals surface area contributed by atoms with Crippen molar-refractivity contribution in [1.29, 1.82) is 0 Å². The minimum atomic E-state index is -0.553. The van der Waals surface area contributed by atoms with Gasteiger partial charge in [-0.2, -0.15) is 0 Å². The summed E-state index contributed by atoms with van der Waals surface area (Å²) in [5.41, 5.74) is 8.23. The van der Waals surface area contributed by atoms with Crippen molar-refractivity contribution in [3.63, 3.8) is 0 Å². The van der Waals surface area contributed by atoms with E-state index in [-0.39, 0.29) is 17.3 Å². The van der Waals surface area contributed by atoms with E-state index in [0.717, 1.165) is 30.7 Å². The zero-order chi connectivity index (χ0) is 14.8. The number of hydrogen-bond donors (Lipinski definition) is 1. The number of rotatable bonds is 1. The van der Waals surface area contributed by atoms with Crippen molar-refractivity contribution in [2.45, 2.75) is 19.4 Å². The van der Waals surface area contributed by atoms with Crippen molar-refractivity contribution in [1.82, 2.24) is 9.88 Å². The zero-order valence-electron chi connectivity index (χ0n) is 11.6. The summed E-state index contributed by atoms with van der Waals surface area (Å²) in [6.07, 6.45) is 2.84. The van der Waals surface area contributed by atoms with Crippen LogP contribution >= 0.6 is 0 Å². The fraction of sp³-hybridized carbons (Fsp3) is 0.250. The largest absolute Gasteiger partial charge is 0.383 e. The fourth-order valence-corrected chi connectivity index (χ4v) is 2.67. The summed E-state index contributed by atoms with van der Waals surface area (Å²) < 4.78 is 13.3. The van der Waals surface area contributed by atoms with Crippen LogP contribution in [0, 0.1) is 5.82 Å². The number of aryl methyl sites for hydroxylation is 1. The summed E-state index contributed by atoms with van der Waals surface area (Å²) in [5.74, 6) is -0.752. The second-order valence-electron chi connectivity index (χ2n) is 5.19. The Morgan fingerprint density at radius 2 is 2.05 bits per heavy atom. The number of carbonyl (C=O) groups is 1. The van der Waals surface area contributed by atoms with Crippen LogP contribution in [0.5, 0.6) is 0 Å². The normalized spacial score (nSPS) is 14.4. The SMILES string of the molecule is Nc1ncc(F)cc1C(=O)N1CCCc2ccccc2C1. The maximum Gasteiger partial charge on any atom is 0.258 e. The predicted molar refractivity (Wildman–Crippen MR) is 78.1 cm³/mol. The number of benzene rings is 1. The van der Waals surface area contributed by atoms with Gasteiger partial charge < -0.3 is 10.6 Å². The van der Waals surface area contributed by atoms with Crippen molar-refractivity contribution >= 4 is 11.7 Å². The topological polar surface area (TPSA) is 59.2 Å². The summed E-state index contributed by atoms with van der Waals surface area (Å²) >= 11 is 0. The molecule has 1 amide bonds. The van der Waals surface area contributed by atoms with Crippen LogP contribution in [0.25, 0.3) is 0 Å². The first-order valence-corrected chi connectivity index (χ1v) is 6.92. The van der Waals surface area contributed by atoms with E-state index in [1.54, 1.807) is 4.90 Å². The Labute approximate surface area is 122 Å². The molecule has 0 radical (unpaired) electrons. The maximum atomic E-state index is 13.3. The van der Waals surface area contributed by atoms with E-state index in [2.05, 4.69) is 11.1 Å². The van der Waals surface area contributed by atoms with Gasteiger partial charge in [0.15, 0.2) is 0 Å². The fourth-order valence-electron chi connectivity index (χ4n) is 2.67. The van der Waals surface area contributed by atoms with Crippen LogP contribution in [0.3, 0.4) is 0 Å². The molecule has 0 bridgehead atoms. The minimum Gasteiger partial charge on any atom is -0.383 e. The van der Waals surface area contributed by atoms with Gasteiger partial charge in [0.05, 0.1) is 11.8 Å². The molecular weight excluding hydrogens is 269 g/mol.